The molecule has 15 heavy (non-hydrogen) atoms. The second-order valence-electron chi connectivity index (χ2n) is 3.89. The Kier molecular flexibility index (Phi) is 5.36. The number of nitrogens with zero attached hydrogens (tertiary/aromatic N) is 2. The van der Waals surface area contributed by atoms with Crippen LogP contribution in [0.2, 0.25) is 0 Å². The molecule has 1 aromatic rings. The van der Waals surface area contributed by atoms with E-state index in [1.54, 1.807) is 0 Å². The Balaban J connectivity index is 2.33. The van der Waals surface area contributed by atoms with Gasteiger partial charge in [-0.05, 0) is 13.3 Å². The molecule has 1 aromatic heterocycles. The highest BCUT2D eigenvalue weighted by atomic mass is 15.1. The molecular weight excluding hydrogens is 188 g/mol. The van der Waals surface area contributed by atoms with E-state index in [4.69, 9.17) is 5.73 Å². The first-order valence-corrected chi connectivity index (χ1v) is 5.75. The van der Waals surface area contributed by atoms with Gasteiger partial charge in [0.1, 0.15) is 18.9 Å². The minimum Gasteiger partial charge on any atom is -0.329 e. The van der Waals surface area contributed by atoms with Crippen molar-refractivity contribution in [3.8, 4) is 0 Å². The highest BCUT2D eigenvalue weighted by molar-refractivity contribution is 4.71. The van der Waals surface area contributed by atoms with Gasteiger partial charge in [-0.25, -0.2) is 9.13 Å². The molecule has 0 bridgehead atoms. The van der Waals surface area contributed by atoms with E-state index in [1.165, 1.54) is 6.42 Å². The zero-order valence-electron chi connectivity index (χ0n) is 9.82. The molecular formula is C11H23N4+. The zero-order chi connectivity index (χ0) is 11.1. The Bertz CT molecular complexity index is 269. The van der Waals surface area contributed by atoms with Crippen molar-refractivity contribution in [2.24, 2.45) is 5.73 Å². The lowest BCUT2D eigenvalue weighted by Gasteiger charge is -2.02. The lowest BCUT2D eigenvalue weighted by atomic mass is 10.3. The van der Waals surface area contributed by atoms with Crippen molar-refractivity contribution in [1.82, 2.24) is 9.88 Å². The van der Waals surface area contributed by atoms with Gasteiger partial charge in [0.05, 0.1) is 6.04 Å². The standard InChI is InChI=1S/C11H23N4/c1-3-11(2)15-9-8-14(10-15)7-6-13-5-4-12/h8-11,13H,3-7,12H2,1-2H3/q+1. The molecule has 0 saturated carbocycles. The monoisotopic (exact) mass is 211 g/mol. The van der Waals surface area contributed by atoms with Crippen molar-refractivity contribution in [2.45, 2.75) is 32.9 Å². The van der Waals surface area contributed by atoms with Crippen LogP contribution in [0.1, 0.15) is 26.3 Å². The third-order valence-corrected chi connectivity index (χ3v) is 2.68. The Morgan fingerprint density at radius 1 is 1.47 bits per heavy atom. The molecule has 0 aliphatic carbocycles. The van der Waals surface area contributed by atoms with E-state index < -0.39 is 0 Å². The Labute approximate surface area is 92.1 Å². The highest BCUT2D eigenvalue weighted by Crippen LogP contribution is 2.06. The summed E-state index contributed by atoms with van der Waals surface area (Å²) in [7, 11) is 0. The normalized spacial score (nSPS) is 13.0. The smallest absolute Gasteiger partial charge is 0.244 e. The van der Waals surface area contributed by atoms with Crippen LogP contribution in [0.25, 0.3) is 0 Å². The minimum absolute atomic E-state index is 0.586. The molecule has 0 amide bonds. The summed E-state index contributed by atoms with van der Waals surface area (Å²) in [5.74, 6) is 0. The van der Waals surface area contributed by atoms with Gasteiger partial charge in [-0.3, -0.25) is 0 Å². The summed E-state index contributed by atoms with van der Waals surface area (Å²) >= 11 is 0. The quantitative estimate of drug-likeness (QED) is 0.503. The van der Waals surface area contributed by atoms with Crippen molar-refractivity contribution in [3.63, 3.8) is 0 Å². The van der Waals surface area contributed by atoms with Crippen molar-refractivity contribution in [3.05, 3.63) is 18.7 Å². The van der Waals surface area contributed by atoms with Crippen molar-refractivity contribution in [1.29, 1.82) is 0 Å². The number of imidazole rings is 1. The molecule has 0 aromatic carbocycles. The minimum atomic E-state index is 0.586. The molecule has 0 fully saturated rings. The molecule has 4 nitrogen and oxygen atoms in total. The fourth-order valence-electron chi connectivity index (χ4n) is 1.45. The summed E-state index contributed by atoms with van der Waals surface area (Å²) in [4.78, 5) is 0. The number of hydrogen-bond donors (Lipinski definition) is 2. The van der Waals surface area contributed by atoms with E-state index in [0.29, 0.717) is 12.6 Å². The van der Waals surface area contributed by atoms with Crippen LogP contribution in [-0.4, -0.2) is 24.2 Å². The summed E-state index contributed by atoms with van der Waals surface area (Å²) in [5.41, 5.74) is 5.40. The molecule has 1 unspecified atom stereocenters. The van der Waals surface area contributed by atoms with Gasteiger partial charge in [-0.1, -0.05) is 6.92 Å². The third kappa shape index (κ3) is 4.01. The van der Waals surface area contributed by atoms with Gasteiger partial charge < -0.3 is 11.1 Å². The predicted octanol–water partition coefficient (Wildman–Crippen LogP) is 0.295. The second-order valence-corrected chi connectivity index (χ2v) is 3.89. The van der Waals surface area contributed by atoms with Crippen molar-refractivity contribution < 1.29 is 4.57 Å². The molecule has 1 atom stereocenters. The molecule has 0 radical (unpaired) electrons. The van der Waals surface area contributed by atoms with Crippen molar-refractivity contribution in [2.75, 3.05) is 19.6 Å². The first-order chi connectivity index (χ1) is 7.27. The average molecular weight is 211 g/mol. The van der Waals surface area contributed by atoms with Gasteiger partial charge in [-0.15, -0.1) is 0 Å². The lowest BCUT2D eigenvalue weighted by Crippen LogP contribution is -2.38. The molecule has 0 aliphatic rings. The number of hydrogen-bond acceptors (Lipinski definition) is 2. The molecule has 4 heteroatoms. The van der Waals surface area contributed by atoms with E-state index >= 15 is 0 Å². The Morgan fingerprint density at radius 2 is 2.27 bits per heavy atom. The summed E-state index contributed by atoms with van der Waals surface area (Å²) < 4.78 is 4.46. The Hall–Kier alpha value is -0.870. The van der Waals surface area contributed by atoms with E-state index in [0.717, 1.165) is 19.6 Å². The molecule has 3 N–H and O–H groups in total. The van der Waals surface area contributed by atoms with E-state index in [2.05, 4.69) is 47.0 Å². The summed E-state index contributed by atoms with van der Waals surface area (Å²) in [6, 6.07) is 0.586. The molecule has 86 valence electrons. The van der Waals surface area contributed by atoms with Gasteiger partial charge in [0.2, 0.25) is 6.33 Å². The first-order valence-electron chi connectivity index (χ1n) is 5.75. The third-order valence-electron chi connectivity index (χ3n) is 2.68. The first kappa shape index (κ1) is 12.2. The molecule has 0 spiro atoms. The molecule has 0 saturated heterocycles. The number of nitrogens with one attached hydrogen (secondary N) is 1. The van der Waals surface area contributed by atoms with Crippen LogP contribution in [0.15, 0.2) is 18.7 Å². The number of aromatic nitrogens is 2. The van der Waals surface area contributed by atoms with E-state index in [9.17, 15) is 0 Å². The van der Waals surface area contributed by atoms with Crippen LogP contribution in [0.5, 0.6) is 0 Å². The van der Waals surface area contributed by atoms with E-state index in [-0.39, 0.29) is 0 Å². The summed E-state index contributed by atoms with van der Waals surface area (Å²) in [6.45, 7) is 8.02. The predicted molar refractivity (Wildman–Crippen MR) is 61.6 cm³/mol. The van der Waals surface area contributed by atoms with Crippen LogP contribution >= 0.6 is 0 Å². The van der Waals surface area contributed by atoms with Gasteiger partial charge >= 0.3 is 0 Å². The van der Waals surface area contributed by atoms with Crippen LogP contribution in [-0.2, 0) is 6.54 Å². The second kappa shape index (κ2) is 6.58. The largest absolute Gasteiger partial charge is 0.329 e. The van der Waals surface area contributed by atoms with Crippen LogP contribution in [0.3, 0.4) is 0 Å². The molecule has 1 rings (SSSR count). The molecule has 0 aliphatic heterocycles. The SMILES string of the molecule is CCC(C)n1cc[n+](CCNCCN)c1. The average Bonchev–Trinajstić information content (AvgIpc) is 2.72. The molecule has 1 heterocycles. The fraction of sp³-hybridized carbons (Fsp3) is 0.727. The van der Waals surface area contributed by atoms with Gasteiger partial charge in [0, 0.05) is 19.6 Å². The fourth-order valence-corrected chi connectivity index (χ4v) is 1.45. The highest BCUT2D eigenvalue weighted by Gasteiger charge is 2.08. The zero-order valence-corrected chi connectivity index (χ0v) is 9.82. The van der Waals surface area contributed by atoms with Crippen LogP contribution < -0.4 is 15.6 Å². The van der Waals surface area contributed by atoms with Crippen LogP contribution in [0, 0.1) is 0 Å². The summed E-state index contributed by atoms with van der Waals surface area (Å²) in [5, 5.41) is 3.28. The maximum atomic E-state index is 5.40. The lowest BCUT2D eigenvalue weighted by molar-refractivity contribution is -0.694. The van der Waals surface area contributed by atoms with Crippen LogP contribution in [0.4, 0.5) is 0 Å². The van der Waals surface area contributed by atoms with Gasteiger partial charge in [0.25, 0.3) is 0 Å². The van der Waals surface area contributed by atoms with Gasteiger partial charge in [0.15, 0.2) is 0 Å². The van der Waals surface area contributed by atoms with E-state index in [1.807, 2.05) is 0 Å². The number of nitrogens with two attached hydrogens (primary N) is 1. The topological polar surface area (TPSA) is 46.9 Å². The Morgan fingerprint density at radius 3 is 2.93 bits per heavy atom. The van der Waals surface area contributed by atoms with Gasteiger partial charge in [-0.2, -0.15) is 0 Å². The number of rotatable bonds is 7. The maximum absolute atomic E-state index is 5.40. The summed E-state index contributed by atoms with van der Waals surface area (Å²) in [6.07, 6.45) is 7.59. The van der Waals surface area contributed by atoms with Crippen molar-refractivity contribution >= 4 is 0 Å². The maximum Gasteiger partial charge on any atom is 0.244 e.